The van der Waals surface area contributed by atoms with Gasteiger partial charge in [0.15, 0.2) is 0 Å². The molecule has 0 fully saturated rings. The molecule has 3 aromatic rings. The van der Waals surface area contributed by atoms with E-state index in [1.165, 1.54) is 25.4 Å². The van der Waals surface area contributed by atoms with Crippen LogP contribution in [0, 0.1) is 5.82 Å². The van der Waals surface area contributed by atoms with Gasteiger partial charge in [0.1, 0.15) is 22.6 Å². The van der Waals surface area contributed by atoms with Crippen LogP contribution in [0.25, 0.3) is 11.1 Å². The average molecular weight is 372 g/mol. The summed E-state index contributed by atoms with van der Waals surface area (Å²) in [7, 11) is 1.46. The number of hydrogen-bond acceptors (Lipinski definition) is 4. The summed E-state index contributed by atoms with van der Waals surface area (Å²) in [5.74, 6) is -1.38. The highest BCUT2D eigenvalue weighted by molar-refractivity contribution is 6.29. The summed E-state index contributed by atoms with van der Waals surface area (Å²) in [5.41, 5.74) is 8.03. The maximum Gasteiger partial charge on any atom is 0.231 e. The van der Waals surface area contributed by atoms with Gasteiger partial charge in [-0.05, 0) is 47.5 Å². The molecule has 0 saturated carbocycles. The summed E-state index contributed by atoms with van der Waals surface area (Å²) in [6.45, 7) is 0. The second kappa shape index (κ2) is 7.49. The van der Waals surface area contributed by atoms with Crippen LogP contribution in [-0.4, -0.2) is 23.0 Å². The molecule has 5 nitrogen and oxygen atoms in total. The minimum absolute atomic E-state index is 0.255. The first kappa shape index (κ1) is 17.8. The Morgan fingerprint density at radius 1 is 1.15 bits per heavy atom. The van der Waals surface area contributed by atoms with Crippen molar-refractivity contribution in [3.63, 3.8) is 0 Å². The van der Waals surface area contributed by atoms with Crippen molar-refractivity contribution in [3.05, 3.63) is 77.1 Å². The molecule has 0 aliphatic rings. The van der Waals surface area contributed by atoms with Crippen LogP contribution in [0.15, 0.2) is 54.9 Å². The molecule has 132 valence electrons. The molecular formula is C19H15ClFN3O2. The van der Waals surface area contributed by atoms with Crippen molar-refractivity contribution in [1.29, 1.82) is 0 Å². The molecule has 0 saturated heterocycles. The number of benzene rings is 1. The van der Waals surface area contributed by atoms with E-state index in [1.807, 2.05) is 0 Å². The number of ether oxygens (including phenoxy) is 1. The van der Waals surface area contributed by atoms with Gasteiger partial charge in [0, 0.05) is 24.0 Å². The van der Waals surface area contributed by atoms with Gasteiger partial charge in [-0.25, -0.2) is 9.37 Å². The minimum atomic E-state index is -0.790. The molecule has 1 amide bonds. The Hall–Kier alpha value is -2.99. The van der Waals surface area contributed by atoms with E-state index in [9.17, 15) is 9.18 Å². The van der Waals surface area contributed by atoms with Gasteiger partial charge >= 0.3 is 0 Å². The number of aromatic nitrogens is 2. The van der Waals surface area contributed by atoms with E-state index in [0.29, 0.717) is 22.6 Å². The molecule has 0 radical (unpaired) electrons. The molecule has 2 aromatic heterocycles. The Labute approximate surface area is 154 Å². The number of amides is 1. The van der Waals surface area contributed by atoms with Crippen LogP contribution >= 0.6 is 11.6 Å². The number of carbonyl (C=O) groups excluding carboxylic acids is 1. The van der Waals surface area contributed by atoms with Crippen LogP contribution in [0.3, 0.4) is 0 Å². The topological polar surface area (TPSA) is 78.1 Å². The van der Waals surface area contributed by atoms with Gasteiger partial charge in [-0.3, -0.25) is 9.78 Å². The summed E-state index contributed by atoms with van der Waals surface area (Å²) in [6, 6.07) is 10.9. The molecule has 0 aliphatic heterocycles. The largest absolute Gasteiger partial charge is 0.496 e. The van der Waals surface area contributed by atoms with Gasteiger partial charge in [-0.15, -0.1) is 0 Å². The number of primary amides is 1. The van der Waals surface area contributed by atoms with Gasteiger partial charge in [0.2, 0.25) is 5.91 Å². The fourth-order valence-electron chi connectivity index (χ4n) is 2.76. The van der Waals surface area contributed by atoms with Crippen molar-refractivity contribution < 1.29 is 13.9 Å². The maximum atomic E-state index is 13.5. The molecule has 2 N–H and O–H groups in total. The first-order valence-electron chi connectivity index (χ1n) is 7.70. The van der Waals surface area contributed by atoms with E-state index in [-0.39, 0.29) is 5.15 Å². The summed E-state index contributed by atoms with van der Waals surface area (Å²) < 4.78 is 18.7. The molecule has 0 aliphatic carbocycles. The van der Waals surface area contributed by atoms with Crippen molar-refractivity contribution >= 4 is 17.5 Å². The SMILES string of the molecule is COc1cc(F)ccc1-c1ccnc(C(C(N)=O)c2ccnc(Cl)c2)c1. The molecule has 0 spiro atoms. The maximum absolute atomic E-state index is 13.5. The van der Waals surface area contributed by atoms with Crippen molar-refractivity contribution in [2.45, 2.75) is 5.92 Å². The van der Waals surface area contributed by atoms with Gasteiger partial charge in [-0.2, -0.15) is 0 Å². The van der Waals surface area contributed by atoms with Crippen LogP contribution in [0.4, 0.5) is 4.39 Å². The average Bonchev–Trinajstić information content (AvgIpc) is 2.62. The Morgan fingerprint density at radius 2 is 1.92 bits per heavy atom. The lowest BCUT2D eigenvalue weighted by atomic mass is 9.93. The summed E-state index contributed by atoms with van der Waals surface area (Å²) >= 11 is 5.93. The van der Waals surface area contributed by atoms with Crippen molar-refractivity contribution in [3.8, 4) is 16.9 Å². The van der Waals surface area contributed by atoms with Crippen molar-refractivity contribution in [2.24, 2.45) is 5.73 Å². The van der Waals surface area contributed by atoms with E-state index >= 15 is 0 Å². The highest BCUT2D eigenvalue weighted by Crippen LogP contribution is 2.33. The third-order valence-electron chi connectivity index (χ3n) is 3.92. The first-order valence-corrected chi connectivity index (χ1v) is 8.08. The monoisotopic (exact) mass is 371 g/mol. The Kier molecular flexibility index (Phi) is 5.14. The molecule has 3 rings (SSSR count). The van der Waals surface area contributed by atoms with E-state index < -0.39 is 17.6 Å². The number of nitrogens with two attached hydrogens (primary N) is 1. The third-order valence-corrected chi connectivity index (χ3v) is 4.13. The first-order chi connectivity index (χ1) is 12.5. The molecule has 1 atom stereocenters. The number of halogens is 2. The molecule has 2 heterocycles. The lowest BCUT2D eigenvalue weighted by molar-refractivity contribution is -0.118. The fraction of sp³-hybridized carbons (Fsp3) is 0.105. The molecule has 7 heteroatoms. The molecular weight excluding hydrogens is 357 g/mol. The standard InChI is InChI=1S/C19H15ClFN3O2/c1-26-16-10-13(21)2-3-14(16)11-4-6-23-15(8-11)18(19(22)25)12-5-7-24-17(20)9-12/h2-10,18H,1H3,(H2,22,25). The highest BCUT2D eigenvalue weighted by Gasteiger charge is 2.23. The van der Waals surface area contributed by atoms with E-state index in [2.05, 4.69) is 9.97 Å². The molecule has 1 aromatic carbocycles. The van der Waals surface area contributed by atoms with Gasteiger partial charge < -0.3 is 10.5 Å². The number of hydrogen-bond donors (Lipinski definition) is 1. The predicted molar refractivity (Wildman–Crippen MR) is 96.5 cm³/mol. The normalized spacial score (nSPS) is 11.8. The highest BCUT2D eigenvalue weighted by atomic mass is 35.5. The quantitative estimate of drug-likeness (QED) is 0.695. The third kappa shape index (κ3) is 3.65. The zero-order valence-electron chi connectivity index (χ0n) is 13.8. The van der Waals surface area contributed by atoms with Crippen LogP contribution in [0.2, 0.25) is 5.15 Å². The van der Waals surface area contributed by atoms with Crippen molar-refractivity contribution in [2.75, 3.05) is 7.11 Å². The minimum Gasteiger partial charge on any atom is -0.496 e. The van der Waals surface area contributed by atoms with Crippen molar-refractivity contribution in [1.82, 2.24) is 9.97 Å². The zero-order valence-corrected chi connectivity index (χ0v) is 14.6. The van der Waals surface area contributed by atoms with Crippen LogP contribution in [-0.2, 0) is 4.79 Å². The van der Waals surface area contributed by atoms with Gasteiger partial charge in [0.25, 0.3) is 0 Å². The van der Waals surface area contributed by atoms with Gasteiger partial charge in [-0.1, -0.05) is 11.6 Å². The predicted octanol–water partition coefficient (Wildman–Crippen LogP) is 3.56. The zero-order chi connectivity index (χ0) is 18.7. The van der Waals surface area contributed by atoms with Crippen LogP contribution in [0.5, 0.6) is 5.75 Å². The molecule has 0 bridgehead atoms. The van der Waals surface area contributed by atoms with E-state index in [1.54, 1.807) is 36.5 Å². The Bertz CT molecular complexity index is 965. The lowest BCUT2D eigenvalue weighted by Crippen LogP contribution is -2.23. The Morgan fingerprint density at radius 3 is 2.62 bits per heavy atom. The number of methoxy groups -OCH3 is 1. The fourth-order valence-corrected chi connectivity index (χ4v) is 2.94. The van der Waals surface area contributed by atoms with Crippen LogP contribution < -0.4 is 10.5 Å². The summed E-state index contributed by atoms with van der Waals surface area (Å²) in [4.78, 5) is 20.3. The van der Waals surface area contributed by atoms with E-state index in [0.717, 1.165) is 5.56 Å². The number of pyridine rings is 2. The van der Waals surface area contributed by atoms with E-state index in [4.69, 9.17) is 22.1 Å². The van der Waals surface area contributed by atoms with Gasteiger partial charge in [0.05, 0.1) is 12.8 Å². The smallest absolute Gasteiger partial charge is 0.231 e. The second-order valence-electron chi connectivity index (χ2n) is 5.56. The summed E-state index contributed by atoms with van der Waals surface area (Å²) in [6.07, 6.45) is 3.06. The second-order valence-corrected chi connectivity index (χ2v) is 5.95. The van der Waals surface area contributed by atoms with Crippen LogP contribution in [0.1, 0.15) is 17.2 Å². The Balaban J connectivity index is 2.09. The number of carbonyl (C=O) groups is 1. The summed E-state index contributed by atoms with van der Waals surface area (Å²) in [5, 5.41) is 0.255. The number of rotatable bonds is 5. The number of nitrogens with zero attached hydrogens (tertiary/aromatic N) is 2. The lowest BCUT2D eigenvalue weighted by Gasteiger charge is -2.15. The molecule has 1 unspecified atom stereocenters. The molecule has 26 heavy (non-hydrogen) atoms.